The van der Waals surface area contributed by atoms with E-state index in [1.54, 1.807) is 10.9 Å². The smallest absolute Gasteiger partial charge is 0.255 e. The van der Waals surface area contributed by atoms with Crippen LogP contribution in [0.3, 0.4) is 0 Å². The molecule has 4 rings (SSSR count). The summed E-state index contributed by atoms with van der Waals surface area (Å²) >= 11 is 0. The molecule has 1 aliphatic rings. The van der Waals surface area contributed by atoms with E-state index in [1.807, 2.05) is 61.5 Å². The summed E-state index contributed by atoms with van der Waals surface area (Å²) in [5.41, 5.74) is 4.01. The lowest BCUT2D eigenvalue weighted by atomic mass is 10.0. The summed E-state index contributed by atoms with van der Waals surface area (Å²) in [6.45, 7) is 2.85. The molecule has 0 bridgehead atoms. The van der Waals surface area contributed by atoms with E-state index < -0.39 is 10.0 Å². The van der Waals surface area contributed by atoms with Crippen LogP contribution >= 0.6 is 0 Å². The molecular formula is C23H26N4O3S. The quantitative estimate of drug-likeness (QED) is 0.664. The summed E-state index contributed by atoms with van der Waals surface area (Å²) in [6.07, 6.45) is 4.16. The van der Waals surface area contributed by atoms with E-state index in [1.165, 1.54) is 10.6 Å². The Morgan fingerprint density at radius 1 is 1.03 bits per heavy atom. The molecule has 31 heavy (non-hydrogen) atoms. The van der Waals surface area contributed by atoms with Crippen molar-refractivity contribution in [2.24, 2.45) is 0 Å². The van der Waals surface area contributed by atoms with E-state index in [-0.39, 0.29) is 11.9 Å². The van der Waals surface area contributed by atoms with E-state index in [9.17, 15) is 13.2 Å². The minimum Gasteiger partial charge on any atom is -0.349 e. The number of carbonyl (C=O) groups excluding carboxylic acids is 1. The van der Waals surface area contributed by atoms with Gasteiger partial charge >= 0.3 is 0 Å². The highest BCUT2D eigenvalue weighted by Gasteiger charge is 2.27. The Morgan fingerprint density at radius 2 is 1.68 bits per heavy atom. The Kier molecular flexibility index (Phi) is 5.93. The van der Waals surface area contributed by atoms with Crippen molar-refractivity contribution in [1.29, 1.82) is 0 Å². The number of sulfonamides is 1. The van der Waals surface area contributed by atoms with Crippen LogP contribution < -0.4 is 5.32 Å². The third kappa shape index (κ3) is 4.86. The van der Waals surface area contributed by atoms with Gasteiger partial charge in [-0.05, 0) is 31.9 Å². The van der Waals surface area contributed by atoms with Crippen molar-refractivity contribution in [3.63, 3.8) is 0 Å². The Balaban J connectivity index is 1.59. The van der Waals surface area contributed by atoms with Crippen LogP contribution in [0, 0.1) is 6.92 Å². The minimum absolute atomic E-state index is 0.0724. The molecule has 2 aromatic carbocycles. The Morgan fingerprint density at radius 3 is 2.29 bits per heavy atom. The molecule has 0 saturated carbocycles. The number of nitrogens with zero attached hydrogens (tertiary/aromatic N) is 3. The number of aryl methyl sites for hydroxylation is 1. The Labute approximate surface area is 182 Å². The summed E-state index contributed by atoms with van der Waals surface area (Å²) in [5.74, 6) is -0.199. The number of benzene rings is 2. The van der Waals surface area contributed by atoms with Crippen molar-refractivity contribution in [2.75, 3.05) is 19.3 Å². The normalized spacial score (nSPS) is 15.7. The highest BCUT2D eigenvalue weighted by molar-refractivity contribution is 7.88. The number of piperidine rings is 1. The molecule has 1 aliphatic heterocycles. The molecule has 0 unspecified atom stereocenters. The van der Waals surface area contributed by atoms with Crippen LogP contribution in [0.25, 0.3) is 16.9 Å². The van der Waals surface area contributed by atoms with Crippen LogP contribution in [0.2, 0.25) is 0 Å². The van der Waals surface area contributed by atoms with Crippen molar-refractivity contribution in [3.8, 4) is 16.9 Å². The topological polar surface area (TPSA) is 84.3 Å². The first kappa shape index (κ1) is 21.3. The Bertz CT molecular complexity index is 1160. The molecule has 1 aromatic heterocycles. The van der Waals surface area contributed by atoms with E-state index in [4.69, 9.17) is 5.10 Å². The maximum absolute atomic E-state index is 13.2. The van der Waals surface area contributed by atoms with Crippen molar-refractivity contribution in [3.05, 3.63) is 71.9 Å². The summed E-state index contributed by atoms with van der Waals surface area (Å²) in [7, 11) is -3.20. The lowest BCUT2D eigenvalue weighted by Crippen LogP contribution is -2.46. The van der Waals surface area contributed by atoms with Gasteiger partial charge in [-0.25, -0.2) is 17.4 Å². The fourth-order valence-corrected chi connectivity index (χ4v) is 4.65. The van der Waals surface area contributed by atoms with Gasteiger partial charge in [0.25, 0.3) is 5.91 Å². The average Bonchev–Trinajstić information content (AvgIpc) is 3.20. The number of rotatable bonds is 5. The molecule has 0 atom stereocenters. The first-order chi connectivity index (χ1) is 14.8. The standard InChI is InChI=1S/C23H26N4O3S/c1-17-8-10-20(11-9-17)27-16-21(22(25-27)18-6-4-3-5-7-18)23(28)24-19-12-14-26(15-13-19)31(2,29)30/h3-11,16,19H,12-15H2,1-2H3,(H,24,28). The zero-order chi connectivity index (χ0) is 22.0. The minimum atomic E-state index is -3.20. The van der Waals surface area contributed by atoms with Gasteiger partial charge in [-0.15, -0.1) is 0 Å². The van der Waals surface area contributed by atoms with E-state index in [0.717, 1.165) is 16.8 Å². The van der Waals surface area contributed by atoms with Crippen LogP contribution in [0.15, 0.2) is 60.8 Å². The maximum Gasteiger partial charge on any atom is 0.255 e. The molecular weight excluding hydrogens is 412 g/mol. The first-order valence-electron chi connectivity index (χ1n) is 10.3. The molecule has 1 fully saturated rings. The second-order valence-corrected chi connectivity index (χ2v) is 9.93. The van der Waals surface area contributed by atoms with Gasteiger partial charge in [-0.3, -0.25) is 4.79 Å². The molecule has 0 aliphatic carbocycles. The summed E-state index contributed by atoms with van der Waals surface area (Å²) in [4.78, 5) is 13.2. The number of nitrogens with one attached hydrogen (secondary N) is 1. The van der Waals surface area contributed by atoms with Crippen molar-refractivity contribution >= 4 is 15.9 Å². The summed E-state index contributed by atoms with van der Waals surface area (Å²) in [5, 5.41) is 7.78. The summed E-state index contributed by atoms with van der Waals surface area (Å²) in [6, 6.07) is 17.5. The number of amides is 1. The van der Waals surface area contributed by atoms with Crippen LogP contribution in [0.4, 0.5) is 0 Å². The predicted octanol–water partition coefficient (Wildman–Crippen LogP) is 3.00. The first-order valence-corrected chi connectivity index (χ1v) is 12.1. The number of hydrogen-bond donors (Lipinski definition) is 1. The van der Waals surface area contributed by atoms with Gasteiger partial charge in [0, 0.05) is 30.9 Å². The summed E-state index contributed by atoms with van der Waals surface area (Å²) < 4.78 is 26.6. The number of hydrogen-bond acceptors (Lipinski definition) is 4. The molecule has 7 nitrogen and oxygen atoms in total. The van der Waals surface area contributed by atoms with Crippen LogP contribution in [-0.2, 0) is 10.0 Å². The lowest BCUT2D eigenvalue weighted by molar-refractivity contribution is 0.0924. The fourth-order valence-electron chi connectivity index (χ4n) is 3.77. The molecule has 8 heteroatoms. The molecule has 1 N–H and O–H groups in total. The highest BCUT2D eigenvalue weighted by atomic mass is 32.2. The SMILES string of the molecule is Cc1ccc(-n2cc(C(=O)NC3CCN(S(C)(=O)=O)CC3)c(-c3ccccc3)n2)cc1. The lowest BCUT2D eigenvalue weighted by Gasteiger charge is -2.30. The van der Waals surface area contributed by atoms with E-state index in [2.05, 4.69) is 5.32 Å². The second kappa shape index (κ2) is 8.64. The molecule has 162 valence electrons. The zero-order valence-corrected chi connectivity index (χ0v) is 18.5. The maximum atomic E-state index is 13.2. The van der Waals surface area contributed by atoms with E-state index in [0.29, 0.717) is 37.2 Å². The van der Waals surface area contributed by atoms with Gasteiger partial charge in [0.15, 0.2) is 0 Å². The van der Waals surface area contributed by atoms with Gasteiger partial charge in [-0.1, -0.05) is 48.0 Å². The Hall–Kier alpha value is -2.97. The van der Waals surface area contributed by atoms with Crippen molar-refractivity contribution in [2.45, 2.75) is 25.8 Å². The van der Waals surface area contributed by atoms with Gasteiger partial charge < -0.3 is 5.32 Å². The monoisotopic (exact) mass is 438 g/mol. The molecule has 3 aromatic rings. The van der Waals surface area contributed by atoms with Gasteiger partial charge in [0.1, 0.15) is 5.69 Å². The van der Waals surface area contributed by atoms with Gasteiger partial charge in [-0.2, -0.15) is 5.10 Å². The molecule has 2 heterocycles. The van der Waals surface area contributed by atoms with Gasteiger partial charge in [0.05, 0.1) is 17.5 Å². The number of carbonyl (C=O) groups is 1. The van der Waals surface area contributed by atoms with Crippen LogP contribution in [0.5, 0.6) is 0 Å². The largest absolute Gasteiger partial charge is 0.349 e. The van der Waals surface area contributed by atoms with Crippen molar-refractivity contribution in [1.82, 2.24) is 19.4 Å². The van der Waals surface area contributed by atoms with Crippen molar-refractivity contribution < 1.29 is 13.2 Å². The molecule has 1 saturated heterocycles. The third-order valence-electron chi connectivity index (χ3n) is 5.56. The zero-order valence-electron chi connectivity index (χ0n) is 17.7. The molecule has 0 radical (unpaired) electrons. The molecule has 0 spiro atoms. The number of aromatic nitrogens is 2. The van der Waals surface area contributed by atoms with Crippen LogP contribution in [-0.4, -0.2) is 53.8 Å². The van der Waals surface area contributed by atoms with Crippen LogP contribution in [0.1, 0.15) is 28.8 Å². The van der Waals surface area contributed by atoms with E-state index >= 15 is 0 Å². The fraction of sp³-hybridized carbons (Fsp3) is 0.304. The van der Waals surface area contributed by atoms with Gasteiger partial charge in [0.2, 0.25) is 10.0 Å². The third-order valence-corrected chi connectivity index (χ3v) is 6.87. The highest BCUT2D eigenvalue weighted by Crippen LogP contribution is 2.24. The average molecular weight is 439 g/mol. The predicted molar refractivity (Wildman–Crippen MR) is 121 cm³/mol. The molecule has 1 amide bonds. The second-order valence-electron chi connectivity index (χ2n) is 7.95.